The topological polar surface area (TPSA) is 56.1 Å². The average molecular weight is 393 g/mol. The summed E-state index contributed by atoms with van der Waals surface area (Å²) in [7, 11) is 1.68. The lowest BCUT2D eigenvalue weighted by atomic mass is 10.1. The van der Waals surface area contributed by atoms with Gasteiger partial charge < -0.3 is 18.8 Å². The molecule has 1 aromatic carbocycles. The zero-order chi connectivity index (χ0) is 20.4. The summed E-state index contributed by atoms with van der Waals surface area (Å²) >= 11 is 0. The fourth-order valence-electron chi connectivity index (χ4n) is 3.81. The Bertz CT molecular complexity index is 1030. The fraction of sp³-hybridized carbons (Fsp3) is 0.391. The predicted octanol–water partition coefficient (Wildman–Crippen LogP) is 3.65. The Hall–Kier alpha value is -2.86. The normalized spacial score (nSPS) is 15.3. The number of nitrogens with zero attached hydrogens (tertiary/aromatic N) is 3. The Morgan fingerprint density at radius 1 is 1.31 bits per heavy atom. The summed E-state index contributed by atoms with van der Waals surface area (Å²) in [4.78, 5) is 19.7. The highest BCUT2D eigenvalue weighted by Crippen LogP contribution is 2.29. The summed E-state index contributed by atoms with van der Waals surface area (Å²) in [5, 5.41) is 0. The Labute approximate surface area is 171 Å². The van der Waals surface area contributed by atoms with Crippen LogP contribution in [0.5, 0.6) is 5.75 Å². The van der Waals surface area contributed by atoms with Crippen molar-refractivity contribution in [2.24, 2.45) is 0 Å². The van der Waals surface area contributed by atoms with Crippen LogP contribution in [0.4, 0.5) is 0 Å². The van der Waals surface area contributed by atoms with Crippen LogP contribution in [-0.4, -0.2) is 46.6 Å². The molecule has 0 fully saturated rings. The second-order valence-electron chi connectivity index (χ2n) is 7.75. The molecule has 1 aliphatic rings. The number of rotatable bonds is 7. The van der Waals surface area contributed by atoms with Crippen molar-refractivity contribution in [3.8, 4) is 5.75 Å². The third-order valence-electron chi connectivity index (χ3n) is 5.22. The molecule has 6 nitrogen and oxygen atoms in total. The lowest BCUT2D eigenvalue weighted by Crippen LogP contribution is -2.32. The van der Waals surface area contributed by atoms with Crippen LogP contribution in [0.2, 0.25) is 0 Å². The molecule has 1 amide bonds. The summed E-state index contributed by atoms with van der Waals surface area (Å²) in [6.45, 7) is 5.87. The number of aromatic nitrogens is 2. The van der Waals surface area contributed by atoms with Crippen molar-refractivity contribution < 1.29 is 14.3 Å². The van der Waals surface area contributed by atoms with E-state index in [1.165, 1.54) is 5.56 Å². The fourth-order valence-corrected chi connectivity index (χ4v) is 3.81. The molecule has 3 heterocycles. The third kappa shape index (κ3) is 4.27. The zero-order valence-electron chi connectivity index (χ0n) is 17.2. The first kappa shape index (κ1) is 19.5. The number of hydrogen-bond donors (Lipinski definition) is 0. The van der Waals surface area contributed by atoms with E-state index in [-0.39, 0.29) is 12.0 Å². The Kier molecular flexibility index (Phi) is 5.53. The Morgan fingerprint density at radius 3 is 3.00 bits per heavy atom. The van der Waals surface area contributed by atoms with Crippen LogP contribution in [0.15, 0.2) is 42.7 Å². The van der Waals surface area contributed by atoms with Crippen LogP contribution in [0.3, 0.4) is 0 Å². The van der Waals surface area contributed by atoms with Crippen LogP contribution in [0.25, 0.3) is 5.65 Å². The molecule has 1 aliphatic heterocycles. The van der Waals surface area contributed by atoms with E-state index in [1.54, 1.807) is 7.11 Å². The molecule has 0 aliphatic carbocycles. The molecule has 29 heavy (non-hydrogen) atoms. The summed E-state index contributed by atoms with van der Waals surface area (Å²) in [6, 6.07) is 10.1. The van der Waals surface area contributed by atoms with Crippen LogP contribution in [-0.2, 0) is 17.7 Å². The molecule has 0 bridgehead atoms. The minimum absolute atomic E-state index is 0.0624. The Balaban J connectivity index is 1.57. The number of aryl methyl sites for hydroxylation is 1. The standard InChI is InChI=1S/C23H27N3O3/c1-16-5-8-22-24-20(15-26(22)13-16)23(27)25(9-4-10-28-3)14-18-6-7-21-19(12-18)11-17(2)29-21/h5-8,12-13,15,17H,4,9-11,14H2,1-3H3. The van der Waals surface area contributed by atoms with Gasteiger partial charge in [-0.1, -0.05) is 18.2 Å². The van der Waals surface area contributed by atoms with Gasteiger partial charge >= 0.3 is 0 Å². The predicted molar refractivity (Wildman–Crippen MR) is 111 cm³/mol. The highest BCUT2D eigenvalue weighted by Gasteiger charge is 2.22. The van der Waals surface area contributed by atoms with Crippen LogP contribution >= 0.6 is 0 Å². The number of fused-ring (bicyclic) bond motifs is 2. The second kappa shape index (κ2) is 8.25. The van der Waals surface area contributed by atoms with E-state index in [0.717, 1.165) is 35.4 Å². The van der Waals surface area contributed by atoms with Crippen molar-refractivity contribution in [3.63, 3.8) is 0 Å². The van der Waals surface area contributed by atoms with Gasteiger partial charge in [0.15, 0.2) is 0 Å². The van der Waals surface area contributed by atoms with E-state index in [0.29, 0.717) is 25.4 Å². The van der Waals surface area contributed by atoms with E-state index in [2.05, 4.69) is 18.0 Å². The Morgan fingerprint density at radius 2 is 2.17 bits per heavy atom. The monoisotopic (exact) mass is 393 g/mol. The number of ether oxygens (including phenoxy) is 2. The number of hydrogen-bond acceptors (Lipinski definition) is 4. The van der Waals surface area contributed by atoms with E-state index < -0.39 is 0 Å². The van der Waals surface area contributed by atoms with Crippen molar-refractivity contribution in [2.75, 3.05) is 20.3 Å². The largest absolute Gasteiger partial charge is 0.490 e. The minimum Gasteiger partial charge on any atom is -0.490 e. The zero-order valence-corrected chi connectivity index (χ0v) is 17.2. The van der Waals surface area contributed by atoms with Crippen molar-refractivity contribution in [1.82, 2.24) is 14.3 Å². The molecule has 2 aromatic heterocycles. The van der Waals surface area contributed by atoms with Crippen LogP contribution in [0.1, 0.15) is 40.5 Å². The van der Waals surface area contributed by atoms with Gasteiger partial charge in [-0.15, -0.1) is 0 Å². The third-order valence-corrected chi connectivity index (χ3v) is 5.22. The molecule has 152 valence electrons. The van der Waals surface area contributed by atoms with E-state index in [1.807, 2.05) is 52.9 Å². The van der Waals surface area contributed by atoms with Gasteiger partial charge in [-0.2, -0.15) is 0 Å². The van der Waals surface area contributed by atoms with E-state index in [9.17, 15) is 4.79 Å². The van der Waals surface area contributed by atoms with Gasteiger partial charge in [0, 0.05) is 45.6 Å². The smallest absolute Gasteiger partial charge is 0.274 e. The van der Waals surface area contributed by atoms with Crippen molar-refractivity contribution in [2.45, 2.75) is 39.3 Å². The highest BCUT2D eigenvalue weighted by atomic mass is 16.5. The average Bonchev–Trinajstić information content (AvgIpc) is 3.28. The molecule has 1 atom stereocenters. The molecule has 0 saturated carbocycles. The number of carbonyl (C=O) groups is 1. The van der Waals surface area contributed by atoms with Crippen LogP contribution < -0.4 is 4.74 Å². The number of benzene rings is 1. The molecule has 0 radical (unpaired) electrons. The molecule has 0 saturated heterocycles. The highest BCUT2D eigenvalue weighted by molar-refractivity contribution is 5.93. The van der Waals surface area contributed by atoms with E-state index in [4.69, 9.17) is 9.47 Å². The number of amides is 1. The van der Waals surface area contributed by atoms with Gasteiger partial charge in [0.05, 0.1) is 0 Å². The van der Waals surface area contributed by atoms with E-state index >= 15 is 0 Å². The molecule has 3 aromatic rings. The number of imidazole rings is 1. The quantitative estimate of drug-likeness (QED) is 0.575. The van der Waals surface area contributed by atoms with Gasteiger partial charge in [-0.05, 0) is 49.1 Å². The first-order valence-electron chi connectivity index (χ1n) is 10.1. The minimum atomic E-state index is -0.0624. The molecule has 0 spiro atoms. The summed E-state index contributed by atoms with van der Waals surface area (Å²) in [5.41, 5.74) is 4.68. The van der Waals surface area contributed by atoms with Crippen molar-refractivity contribution >= 4 is 11.6 Å². The molecular formula is C23H27N3O3. The van der Waals surface area contributed by atoms with Gasteiger partial charge in [-0.25, -0.2) is 4.98 Å². The van der Waals surface area contributed by atoms with Crippen LogP contribution in [0, 0.1) is 6.92 Å². The lowest BCUT2D eigenvalue weighted by molar-refractivity contribution is 0.0718. The molecule has 6 heteroatoms. The SMILES string of the molecule is COCCCN(Cc1ccc2c(c1)CC(C)O2)C(=O)c1cn2cc(C)ccc2n1. The maximum absolute atomic E-state index is 13.3. The number of carbonyl (C=O) groups excluding carboxylic acids is 1. The lowest BCUT2D eigenvalue weighted by Gasteiger charge is -2.22. The summed E-state index contributed by atoms with van der Waals surface area (Å²) in [6.07, 6.45) is 5.69. The maximum atomic E-state index is 13.3. The first-order chi connectivity index (χ1) is 14.0. The second-order valence-corrected chi connectivity index (χ2v) is 7.75. The molecular weight excluding hydrogens is 366 g/mol. The number of pyridine rings is 1. The first-order valence-corrected chi connectivity index (χ1v) is 10.1. The van der Waals surface area contributed by atoms with Gasteiger partial charge in [0.1, 0.15) is 23.2 Å². The van der Waals surface area contributed by atoms with Crippen molar-refractivity contribution in [1.29, 1.82) is 0 Å². The summed E-state index contributed by atoms with van der Waals surface area (Å²) < 4.78 is 12.9. The van der Waals surface area contributed by atoms with Gasteiger partial charge in [0.2, 0.25) is 0 Å². The molecule has 0 N–H and O–H groups in total. The number of methoxy groups -OCH3 is 1. The maximum Gasteiger partial charge on any atom is 0.274 e. The molecule has 4 rings (SSSR count). The molecule has 1 unspecified atom stereocenters. The van der Waals surface area contributed by atoms with Gasteiger partial charge in [0.25, 0.3) is 5.91 Å². The van der Waals surface area contributed by atoms with Crippen molar-refractivity contribution in [3.05, 3.63) is 65.1 Å². The van der Waals surface area contributed by atoms with Gasteiger partial charge in [-0.3, -0.25) is 4.79 Å². The summed E-state index contributed by atoms with van der Waals surface area (Å²) in [5.74, 6) is 0.891.